The minimum atomic E-state index is 0.00750. The highest BCUT2D eigenvalue weighted by Gasteiger charge is 2.39. The molecule has 1 N–H and O–H groups in total. The number of thiophene rings is 2. The Balaban J connectivity index is 1.18. The lowest BCUT2D eigenvalue weighted by Crippen LogP contribution is -2.35. The van der Waals surface area contributed by atoms with Gasteiger partial charge in [0.05, 0.1) is 16.3 Å². The van der Waals surface area contributed by atoms with Crippen LogP contribution >= 0.6 is 34.6 Å². The molecule has 0 saturated heterocycles. The van der Waals surface area contributed by atoms with Gasteiger partial charge >= 0.3 is 0 Å². The van der Waals surface area contributed by atoms with Crippen molar-refractivity contribution in [3.05, 3.63) is 118 Å². The van der Waals surface area contributed by atoms with Crippen molar-refractivity contribution in [1.29, 1.82) is 0 Å². The third-order valence-electron chi connectivity index (χ3n) is 8.00. The van der Waals surface area contributed by atoms with Gasteiger partial charge in [0.15, 0.2) is 0 Å². The van der Waals surface area contributed by atoms with E-state index in [0.29, 0.717) is 0 Å². The lowest BCUT2D eigenvalue weighted by Gasteiger charge is -2.29. The molecule has 7 heteroatoms. The molecule has 0 fully saturated rings. The maximum absolute atomic E-state index is 5.27. The highest BCUT2D eigenvalue weighted by Crippen LogP contribution is 2.50. The molecule has 0 saturated carbocycles. The van der Waals surface area contributed by atoms with E-state index in [0.717, 1.165) is 17.8 Å². The predicted molar refractivity (Wildman–Crippen MR) is 165 cm³/mol. The van der Waals surface area contributed by atoms with Crippen LogP contribution in [0.2, 0.25) is 0 Å². The Morgan fingerprint density at radius 3 is 2.56 bits per heavy atom. The van der Waals surface area contributed by atoms with Gasteiger partial charge < -0.3 is 0 Å². The zero-order valence-electron chi connectivity index (χ0n) is 21.6. The summed E-state index contributed by atoms with van der Waals surface area (Å²) in [5, 5.41) is 9.57. The third-order valence-corrected chi connectivity index (χ3v) is 11.2. The van der Waals surface area contributed by atoms with E-state index in [1.54, 1.807) is 23.3 Å². The first-order valence-corrected chi connectivity index (χ1v) is 15.6. The number of hydrazine groups is 2. The molecule has 1 atom stereocenters. The van der Waals surface area contributed by atoms with Gasteiger partial charge in [0.2, 0.25) is 0 Å². The number of para-hydroxylation sites is 1. The highest BCUT2D eigenvalue weighted by molar-refractivity contribution is 7.97. The van der Waals surface area contributed by atoms with E-state index in [1.807, 2.05) is 11.3 Å². The van der Waals surface area contributed by atoms with Crippen LogP contribution in [0.15, 0.2) is 106 Å². The van der Waals surface area contributed by atoms with Gasteiger partial charge in [-0.3, -0.25) is 5.43 Å². The molecule has 192 valence electrons. The second-order valence-corrected chi connectivity index (χ2v) is 13.7. The highest BCUT2D eigenvalue weighted by atomic mass is 32.2. The van der Waals surface area contributed by atoms with Gasteiger partial charge in [-0.05, 0) is 69.6 Å². The summed E-state index contributed by atoms with van der Waals surface area (Å²) in [4.78, 5) is 5.16. The minimum Gasteiger partial charge on any atom is -0.289 e. The lowest BCUT2D eigenvalue weighted by atomic mass is 9.82. The number of hydrazone groups is 1. The van der Waals surface area contributed by atoms with Crippen LogP contribution < -0.4 is 5.43 Å². The number of hydrogen-bond donors (Lipinski definition) is 1. The zero-order chi connectivity index (χ0) is 26.1. The van der Waals surface area contributed by atoms with Crippen molar-refractivity contribution < 1.29 is 0 Å². The van der Waals surface area contributed by atoms with E-state index in [2.05, 4.69) is 125 Å². The van der Waals surface area contributed by atoms with Crippen molar-refractivity contribution >= 4 is 46.0 Å². The molecule has 0 amide bonds. The van der Waals surface area contributed by atoms with Gasteiger partial charge in [-0.2, -0.15) is 10.2 Å². The number of nitrogens with one attached hydrogen (secondary N) is 1. The summed E-state index contributed by atoms with van der Waals surface area (Å²) in [6.07, 6.45) is 0.851. The van der Waals surface area contributed by atoms with Gasteiger partial charge in [-0.15, -0.1) is 22.7 Å². The average molecular weight is 563 g/mol. The smallest absolute Gasteiger partial charge is 0.107 e. The van der Waals surface area contributed by atoms with Crippen molar-refractivity contribution in [1.82, 2.24) is 9.64 Å². The summed E-state index contributed by atoms with van der Waals surface area (Å²) >= 11 is 5.36. The molecule has 1 unspecified atom stereocenters. The molecule has 3 aliphatic rings. The van der Waals surface area contributed by atoms with Gasteiger partial charge in [0.25, 0.3) is 0 Å². The Kier molecular flexibility index (Phi) is 5.32. The van der Waals surface area contributed by atoms with Crippen LogP contribution in [0.3, 0.4) is 0 Å². The average Bonchev–Trinajstić information content (AvgIpc) is 3.78. The normalized spacial score (nSPS) is 19.0. The molecule has 0 spiro atoms. The first-order valence-electron chi connectivity index (χ1n) is 13.1. The lowest BCUT2D eigenvalue weighted by molar-refractivity contribution is 0.0659. The van der Waals surface area contributed by atoms with Crippen molar-refractivity contribution in [2.45, 2.75) is 36.6 Å². The molecule has 3 aromatic carbocycles. The van der Waals surface area contributed by atoms with E-state index in [-0.39, 0.29) is 11.5 Å². The quantitative estimate of drug-likeness (QED) is 0.221. The first-order chi connectivity index (χ1) is 19.1. The second-order valence-electron chi connectivity index (χ2n) is 10.7. The van der Waals surface area contributed by atoms with Crippen LogP contribution in [0.4, 0.5) is 5.69 Å². The SMILES string of the molecule is CC1(C)c2ccccc2-c2cc(C3=NN(N4Nc5ccccc5S4)C(c4ccc(-c5cccs5)s4)C3)ccc21. The first kappa shape index (κ1) is 23.5. The molecular formula is C32H26N4S3. The minimum absolute atomic E-state index is 0.00750. The van der Waals surface area contributed by atoms with Crippen LogP contribution in [0, 0.1) is 0 Å². The van der Waals surface area contributed by atoms with E-state index >= 15 is 0 Å². The fraction of sp³-hybridized carbons (Fsp3) is 0.156. The van der Waals surface area contributed by atoms with E-state index < -0.39 is 0 Å². The van der Waals surface area contributed by atoms with Gasteiger partial charge in [0.1, 0.15) is 6.04 Å². The molecular weight excluding hydrogens is 537 g/mol. The monoisotopic (exact) mass is 562 g/mol. The second kappa shape index (κ2) is 8.83. The number of fused-ring (bicyclic) bond motifs is 4. The number of hydrogen-bond acceptors (Lipinski definition) is 7. The Morgan fingerprint density at radius 2 is 1.69 bits per heavy atom. The Bertz CT molecular complexity index is 1730. The van der Waals surface area contributed by atoms with Crippen LogP contribution in [-0.4, -0.2) is 15.4 Å². The number of nitrogens with zero attached hydrogens (tertiary/aromatic N) is 3. The van der Waals surface area contributed by atoms with Crippen LogP contribution in [-0.2, 0) is 5.41 Å². The van der Waals surface area contributed by atoms with Crippen LogP contribution in [0.25, 0.3) is 20.9 Å². The summed E-state index contributed by atoms with van der Waals surface area (Å²) < 4.78 is 2.10. The summed E-state index contributed by atoms with van der Waals surface area (Å²) in [6.45, 7) is 4.66. The van der Waals surface area contributed by atoms with Crippen molar-refractivity contribution in [3.8, 4) is 20.9 Å². The summed E-state index contributed by atoms with van der Waals surface area (Å²) in [6, 6.07) is 33.2. The third kappa shape index (κ3) is 3.72. The van der Waals surface area contributed by atoms with Crippen molar-refractivity contribution in [2.24, 2.45) is 5.10 Å². The molecule has 8 rings (SSSR count). The fourth-order valence-corrected chi connectivity index (χ4v) is 8.83. The Hall–Kier alpha value is -3.36. The fourth-order valence-electron chi connectivity index (χ4n) is 5.99. The maximum Gasteiger partial charge on any atom is 0.107 e. The molecule has 1 aliphatic carbocycles. The summed E-state index contributed by atoms with van der Waals surface area (Å²) in [7, 11) is 0. The van der Waals surface area contributed by atoms with E-state index in [4.69, 9.17) is 5.10 Å². The number of benzene rings is 3. The largest absolute Gasteiger partial charge is 0.289 e. The van der Waals surface area contributed by atoms with E-state index in [1.165, 1.54) is 47.3 Å². The van der Waals surface area contributed by atoms with Crippen LogP contribution in [0.5, 0.6) is 0 Å². The van der Waals surface area contributed by atoms with Gasteiger partial charge in [-0.1, -0.05) is 73.0 Å². The molecule has 0 bridgehead atoms. The summed E-state index contributed by atoms with van der Waals surface area (Å²) in [5.41, 5.74) is 12.5. The number of rotatable bonds is 4. The standard InChI is InChI=1S/C32H26N4S3/c1-32(2)23-9-4-3-8-21(23)22-18-20(13-14-24(22)32)26-19-27(29-15-16-31(38-29)30-12-7-17-37-30)35(33-26)36-34-25-10-5-6-11-28(25)39-36/h3-18,27,34H,19H2,1-2H3. The number of anilines is 1. The van der Waals surface area contributed by atoms with Crippen molar-refractivity contribution in [3.63, 3.8) is 0 Å². The molecule has 39 heavy (non-hydrogen) atoms. The Morgan fingerprint density at radius 1 is 0.846 bits per heavy atom. The molecule has 4 heterocycles. The molecule has 2 aliphatic heterocycles. The molecule has 5 aromatic rings. The van der Waals surface area contributed by atoms with Gasteiger partial charge in [0, 0.05) is 38.4 Å². The predicted octanol–water partition coefficient (Wildman–Crippen LogP) is 9.20. The van der Waals surface area contributed by atoms with Crippen molar-refractivity contribution in [2.75, 3.05) is 5.43 Å². The Labute approximate surface area is 240 Å². The van der Waals surface area contributed by atoms with Crippen LogP contribution in [0.1, 0.15) is 47.9 Å². The maximum atomic E-state index is 5.27. The molecule has 0 radical (unpaired) electrons. The molecule has 4 nitrogen and oxygen atoms in total. The molecule has 2 aromatic heterocycles. The van der Waals surface area contributed by atoms with E-state index in [9.17, 15) is 0 Å². The zero-order valence-corrected chi connectivity index (χ0v) is 24.0. The summed E-state index contributed by atoms with van der Waals surface area (Å²) in [5.74, 6) is 0. The van der Waals surface area contributed by atoms with Gasteiger partial charge in [-0.25, -0.2) is 0 Å². The topological polar surface area (TPSA) is 30.9 Å².